The molecule has 0 bridgehead atoms. The molecule has 0 atom stereocenters. The van der Waals surface area contributed by atoms with Gasteiger partial charge in [-0.05, 0) is 37.3 Å². The summed E-state index contributed by atoms with van der Waals surface area (Å²) in [4.78, 5) is 19.9. The monoisotopic (exact) mass is 384 g/mol. The normalized spacial score (nSPS) is 11.2. The van der Waals surface area contributed by atoms with Gasteiger partial charge in [-0.2, -0.15) is 5.10 Å². The van der Waals surface area contributed by atoms with E-state index in [9.17, 15) is 4.79 Å². The number of hydrogen-bond donors (Lipinski definition) is 1. The van der Waals surface area contributed by atoms with Crippen LogP contribution < -0.4 is 0 Å². The Balaban J connectivity index is 1.80. The molecule has 1 aromatic carbocycles. The molecule has 6 nitrogen and oxygen atoms in total. The minimum Gasteiger partial charge on any atom is -0.476 e. The Labute approximate surface area is 157 Å². The molecule has 0 fully saturated rings. The number of aromatic carboxylic acids is 1. The van der Waals surface area contributed by atoms with Crippen LogP contribution in [0.3, 0.4) is 0 Å². The summed E-state index contributed by atoms with van der Waals surface area (Å²) in [7, 11) is 0. The largest absolute Gasteiger partial charge is 0.476 e. The molecule has 26 heavy (non-hydrogen) atoms. The third-order valence-corrected chi connectivity index (χ3v) is 5.26. The number of hydrogen-bond acceptors (Lipinski definition) is 5. The zero-order chi connectivity index (χ0) is 18.3. The van der Waals surface area contributed by atoms with Gasteiger partial charge in [0.1, 0.15) is 5.01 Å². The Morgan fingerprint density at radius 3 is 2.73 bits per heavy atom. The number of nitrogens with zero attached hydrogens (tertiary/aromatic N) is 4. The van der Waals surface area contributed by atoms with Crippen LogP contribution in [0.2, 0.25) is 5.02 Å². The average Bonchev–Trinajstić information content (AvgIpc) is 3.20. The van der Waals surface area contributed by atoms with Gasteiger partial charge in [0.05, 0.1) is 16.8 Å². The molecular weight excluding hydrogens is 372 g/mol. The van der Waals surface area contributed by atoms with Crippen molar-refractivity contribution in [3.63, 3.8) is 0 Å². The lowest BCUT2D eigenvalue weighted by molar-refractivity contribution is 0.0689. The number of rotatable bonds is 4. The molecular formula is C18H13ClN4O2S. The van der Waals surface area contributed by atoms with E-state index in [2.05, 4.69) is 10.1 Å². The van der Waals surface area contributed by atoms with Crippen LogP contribution in [0.15, 0.2) is 42.7 Å². The summed E-state index contributed by atoms with van der Waals surface area (Å²) in [6.45, 7) is 2.22. The van der Waals surface area contributed by atoms with Crippen molar-refractivity contribution in [1.82, 2.24) is 19.7 Å². The molecule has 0 spiro atoms. The molecule has 3 heterocycles. The number of pyridine rings is 1. The Morgan fingerprint density at radius 2 is 2.04 bits per heavy atom. The molecule has 0 radical (unpaired) electrons. The Morgan fingerprint density at radius 1 is 1.27 bits per heavy atom. The first kappa shape index (κ1) is 16.7. The summed E-state index contributed by atoms with van der Waals surface area (Å²) in [6, 6.07) is 9.11. The van der Waals surface area contributed by atoms with Crippen LogP contribution in [-0.2, 0) is 6.54 Å². The Bertz CT molecular complexity index is 1120. The van der Waals surface area contributed by atoms with E-state index in [1.807, 2.05) is 31.2 Å². The predicted molar refractivity (Wildman–Crippen MR) is 101 cm³/mol. The minimum absolute atomic E-state index is 0.0246. The van der Waals surface area contributed by atoms with Gasteiger partial charge in [-0.1, -0.05) is 11.6 Å². The second-order valence-electron chi connectivity index (χ2n) is 5.80. The fourth-order valence-electron chi connectivity index (χ4n) is 2.74. The molecule has 0 aliphatic rings. The van der Waals surface area contributed by atoms with E-state index < -0.39 is 5.97 Å². The fraction of sp³-hybridized carbons (Fsp3) is 0.111. The zero-order valence-electron chi connectivity index (χ0n) is 13.7. The topological polar surface area (TPSA) is 80.9 Å². The van der Waals surface area contributed by atoms with Gasteiger partial charge in [0.25, 0.3) is 0 Å². The van der Waals surface area contributed by atoms with Gasteiger partial charge in [-0.3, -0.25) is 9.67 Å². The number of thiazole rings is 1. The smallest absolute Gasteiger partial charge is 0.356 e. The molecule has 4 rings (SSSR count). The van der Waals surface area contributed by atoms with E-state index in [0.29, 0.717) is 11.6 Å². The molecule has 0 aliphatic heterocycles. The highest BCUT2D eigenvalue weighted by Crippen LogP contribution is 2.34. The molecule has 0 saturated heterocycles. The molecule has 130 valence electrons. The van der Waals surface area contributed by atoms with Crippen LogP contribution in [-0.4, -0.2) is 30.8 Å². The number of fused-ring (bicyclic) bond motifs is 1. The molecule has 0 saturated carbocycles. The highest BCUT2D eigenvalue weighted by Gasteiger charge is 2.15. The molecule has 4 aromatic rings. The van der Waals surface area contributed by atoms with Gasteiger partial charge < -0.3 is 5.11 Å². The summed E-state index contributed by atoms with van der Waals surface area (Å²) in [6.07, 6.45) is 3.46. The summed E-state index contributed by atoms with van der Waals surface area (Å²) in [5.74, 6) is -1.04. The number of halogens is 1. The molecule has 0 aliphatic carbocycles. The van der Waals surface area contributed by atoms with Gasteiger partial charge in [0, 0.05) is 34.2 Å². The van der Waals surface area contributed by atoms with E-state index >= 15 is 0 Å². The number of aryl methyl sites for hydroxylation is 1. The van der Waals surface area contributed by atoms with E-state index in [-0.39, 0.29) is 5.69 Å². The minimum atomic E-state index is -1.04. The van der Waals surface area contributed by atoms with Gasteiger partial charge in [-0.15, -0.1) is 11.3 Å². The van der Waals surface area contributed by atoms with Crippen LogP contribution in [0, 0.1) is 6.92 Å². The van der Waals surface area contributed by atoms with Gasteiger partial charge in [0.2, 0.25) is 0 Å². The lowest BCUT2D eigenvalue weighted by Crippen LogP contribution is -2.06. The average molecular weight is 385 g/mol. The summed E-state index contributed by atoms with van der Waals surface area (Å²) in [5.41, 5.74) is 3.52. The van der Waals surface area contributed by atoms with Crippen molar-refractivity contribution in [2.45, 2.75) is 13.5 Å². The number of carboxylic acid groups (broad SMARTS) is 1. The molecule has 8 heteroatoms. The van der Waals surface area contributed by atoms with E-state index in [0.717, 1.165) is 32.0 Å². The van der Waals surface area contributed by atoms with Crippen LogP contribution in [0.5, 0.6) is 0 Å². The maximum atomic E-state index is 11.1. The molecule has 0 unspecified atom stereocenters. The molecule has 1 N–H and O–H groups in total. The van der Waals surface area contributed by atoms with Crippen molar-refractivity contribution in [2.24, 2.45) is 0 Å². The number of aromatic nitrogens is 4. The summed E-state index contributed by atoms with van der Waals surface area (Å²) in [5, 5.41) is 14.8. The summed E-state index contributed by atoms with van der Waals surface area (Å²) >= 11 is 7.84. The van der Waals surface area contributed by atoms with Crippen LogP contribution >= 0.6 is 22.9 Å². The van der Waals surface area contributed by atoms with Gasteiger partial charge in [0.15, 0.2) is 5.69 Å². The van der Waals surface area contributed by atoms with Crippen molar-refractivity contribution in [3.8, 4) is 10.6 Å². The zero-order valence-corrected chi connectivity index (χ0v) is 15.3. The second kappa shape index (κ2) is 6.51. The first-order valence-corrected chi connectivity index (χ1v) is 8.98. The SMILES string of the molecule is Cc1cc(C(=O)O)nn1Cc1cc(Cl)cc2sc(-c3ccncc3)nc12. The third-order valence-electron chi connectivity index (χ3n) is 3.99. The lowest BCUT2D eigenvalue weighted by atomic mass is 10.2. The van der Waals surface area contributed by atoms with Crippen LogP contribution in [0.25, 0.3) is 20.8 Å². The molecule has 0 amide bonds. The first-order valence-electron chi connectivity index (χ1n) is 7.78. The predicted octanol–water partition coefficient (Wildman–Crippen LogP) is 4.26. The number of benzene rings is 1. The van der Waals surface area contributed by atoms with E-state index in [1.165, 1.54) is 0 Å². The quantitative estimate of drug-likeness (QED) is 0.568. The van der Waals surface area contributed by atoms with Crippen molar-refractivity contribution in [1.29, 1.82) is 0 Å². The van der Waals surface area contributed by atoms with Crippen molar-refractivity contribution in [2.75, 3.05) is 0 Å². The maximum Gasteiger partial charge on any atom is 0.356 e. The van der Waals surface area contributed by atoms with Crippen molar-refractivity contribution in [3.05, 3.63) is 64.7 Å². The van der Waals surface area contributed by atoms with Crippen molar-refractivity contribution < 1.29 is 9.90 Å². The third kappa shape index (κ3) is 3.07. The maximum absolute atomic E-state index is 11.1. The molecule has 3 aromatic heterocycles. The highest BCUT2D eigenvalue weighted by atomic mass is 35.5. The Hall–Kier alpha value is -2.77. The number of carboxylic acids is 1. The van der Waals surface area contributed by atoms with E-state index in [1.54, 1.807) is 34.5 Å². The standard InChI is InChI=1S/C18H13ClN4O2S/c1-10-6-14(18(24)25)22-23(10)9-12-7-13(19)8-15-16(12)21-17(26-15)11-2-4-20-5-3-11/h2-8H,9H2,1H3,(H,24,25). The van der Waals surface area contributed by atoms with Gasteiger partial charge >= 0.3 is 5.97 Å². The van der Waals surface area contributed by atoms with Gasteiger partial charge in [-0.25, -0.2) is 9.78 Å². The summed E-state index contributed by atoms with van der Waals surface area (Å²) < 4.78 is 2.63. The lowest BCUT2D eigenvalue weighted by Gasteiger charge is -2.06. The van der Waals surface area contributed by atoms with Crippen LogP contribution in [0.4, 0.5) is 0 Å². The fourth-order valence-corrected chi connectivity index (χ4v) is 4.10. The number of carbonyl (C=O) groups is 1. The van der Waals surface area contributed by atoms with E-state index in [4.69, 9.17) is 21.7 Å². The second-order valence-corrected chi connectivity index (χ2v) is 7.27. The van der Waals surface area contributed by atoms with Crippen LogP contribution in [0.1, 0.15) is 21.7 Å². The first-order chi connectivity index (χ1) is 12.5. The highest BCUT2D eigenvalue weighted by molar-refractivity contribution is 7.21. The Kier molecular flexibility index (Phi) is 4.18. The van der Waals surface area contributed by atoms with Crippen molar-refractivity contribution >= 4 is 39.1 Å².